The number of nitriles is 3. The predicted octanol–water partition coefficient (Wildman–Crippen LogP) is 3.03. The van der Waals surface area contributed by atoms with Gasteiger partial charge in [-0.3, -0.25) is 0 Å². The molecule has 0 N–H and O–H groups in total. The first-order chi connectivity index (χ1) is 8.74. The van der Waals surface area contributed by atoms with E-state index in [1.165, 1.54) is 0 Å². The Bertz CT molecular complexity index is 752. The highest BCUT2D eigenvalue weighted by Crippen LogP contribution is 2.27. The molecule has 0 aliphatic heterocycles. The molecule has 0 aliphatic rings. The molecule has 0 fully saturated rings. The molecular formula is C15H8N3. The molecule has 0 bridgehead atoms. The summed E-state index contributed by atoms with van der Waals surface area (Å²) < 4.78 is 0. The molecule has 0 aromatic heterocycles. The van der Waals surface area contributed by atoms with Gasteiger partial charge < -0.3 is 0 Å². The van der Waals surface area contributed by atoms with Gasteiger partial charge in [0.05, 0.1) is 22.8 Å². The molecule has 0 amide bonds. The zero-order chi connectivity index (χ0) is 13.1. The van der Waals surface area contributed by atoms with Crippen LogP contribution in [-0.4, -0.2) is 0 Å². The fourth-order valence-corrected chi connectivity index (χ4v) is 2.01. The van der Waals surface area contributed by atoms with Gasteiger partial charge in [0.15, 0.2) is 0 Å². The van der Waals surface area contributed by atoms with Gasteiger partial charge in [0.1, 0.15) is 12.1 Å². The van der Waals surface area contributed by atoms with Gasteiger partial charge in [0, 0.05) is 0 Å². The van der Waals surface area contributed by atoms with Crippen LogP contribution in [0.15, 0.2) is 24.3 Å². The quantitative estimate of drug-likeness (QED) is 0.755. The Morgan fingerprint density at radius 1 is 1.00 bits per heavy atom. The zero-order valence-electron chi connectivity index (χ0n) is 9.73. The van der Waals surface area contributed by atoms with Crippen LogP contribution in [0.1, 0.15) is 29.2 Å². The van der Waals surface area contributed by atoms with Crippen LogP contribution in [0.4, 0.5) is 0 Å². The fraction of sp³-hybridized carbons (Fsp3) is 0.0667. The summed E-state index contributed by atoms with van der Waals surface area (Å²) >= 11 is 0. The van der Waals surface area contributed by atoms with E-state index in [0.717, 1.165) is 16.3 Å². The molecule has 0 aliphatic carbocycles. The lowest BCUT2D eigenvalue weighted by molar-refractivity contribution is 1.37. The van der Waals surface area contributed by atoms with Crippen LogP contribution in [0.5, 0.6) is 0 Å². The summed E-state index contributed by atoms with van der Waals surface area (Å²) in [4.78, 5) is 0. The highest BCUT2D eigenvalue weighted by Gasteiger charge is 2.12. The van der Waals surface area contributed by atoms with Crippen molar-refractivity contribution < 1.29 is 0 Å². The molecule has 1 radical (unpaired) electrons. The van der Waals surface area contributed by atoms with E-state index in [1.807, 2.05) is 25.5 Å². The van der Waals surface area contributed by atoms with Gasteiger partial charge in [-0.1, -0.05) is 13.0 Å². The maximum absolute atomic E-state index is 9.15. The molecule has 0 saturated heterocycles. The number of hydrogen-bond acceptors (Lipinski definition) is 3. The van der Waals surface area contributed by atoms with Crippen molar-refractivity contribution in [1.29, 1.82) is 15.8 Å². The van der Waals surface area contributed by atoms with Gasteiger partial charge in [-0.15, -0.1) is 0 Å². The molecule has 0 spiro atoms. The molecule has 2 aromatic carbocycles. The summed E-state index contributed by atoms with van der Waals surface area (Å²) in [5, 5.41) is 28.8. The lowest BCUT2D eigenvalue weighted by Crippen LogP contribution is -1.94. The Balaban J connectivity index is 2.95. The van der Waals surface area contributed by atoms with Gasteiger partial charge >= 0.3 is 0 Å². The second-order valence-electron chi connectivity index (χ2n) is 3.77. The highest BCUT2D eigenvalue weighted by atomic mass is 14.3. The topological polar surface area (TPSA) is 71.4 Å². The monoisotopic (exact) mass is 230 g/mol. The third-order valence-corrected chi connectivity index (χ3v) is 2.83. The molecule has 0 heterocycles. The Morgan fingerprint density at radius 3 is 2.33 bits per heavy atom. The lowest BCUT2D eigenvalue weighted by Gasteiger charge is -2.08. The summed E-state index contributed by atoms with van der Waals surface area (Å²) in [6, 6.07) is 13.1. The van der Waals surface area contributed by atoms with Crippen LogP contribution in [0, 0.1) is 40.4 Å². The molecule has 18 heavy (non-hydrogen) atoms. The summed E-state index contributed by atoms with van der Waals surface area (Å²) in [7, 11) is 0. The van der Waals surface area contributed by atoms with Gasteiger partial charge in [-0.2, -0.15) is 15.8 Å². The Labute approximate surface area is 105 Å². The van der Waals surface area contributed by atoms with Gasteiger partial charge in [-0.05, 0) is 41.0 Å². The van der Waals surface area contributed by atoms with E-state index < -0.39 is 0 Å². The summed E-state index contributed by atoms with van der Waals surface area (Å²) in [6.45, 7) is 1.83. The third-order valence-electron chi connectivity index (χ3n) is 2.83. The van der Waals surface area contributed by atoms with Crippen molar-refractivity contribution in [1.82, 2.24) is 0 Å². The SMILES string of the molecule is C[CH]c1c(C#N)c(C#N)cc2cc(C#N)ccc12. The number of rotatable bonds is 1. The van der Waals surface area contributed by atoms with E-state index in [2.05, 4.69) is 12.1 Å². The molecule has 2 rings (SSSR count). The zero-order valence-corrected chi connectivity index (χ0v) is 9.73. The largest absolute Gasteiger partial charge is 0.192 e. The second kappa shape index (κ2) is 4.58. The van der Waals surface area contributed by atoms with Crippen LogP contribution in [-0.2, 0) is 0 Å². The van der Waals surface area contributed by atoms with Crippen molar-refractivity contribution in [2.24, 2.45) is 0 Å². The fourth-order valence-electron chi connectivity index (χ4n) is 2.01. The molecule has 0 unspecified atom stereocenters. The van der Waals surface area contributed by atoms with E-state index >= 15 is 0 Å². The van der Waals surface area contributed by atoms with Gasteiger partial charge in [-0.25, -0.2) is 0 Å². The van der Waals surface area contributed by atoms with Crippen molar-refractivity contribution in [3.8, 4) is 18.2 Å². The molecule has 83 valence electrons. The van der Waals surface area contributed by atoms with Crippen LogP contribution in [0.3, 0.4) is 0 Å². The van der Waals surface area contributed by atoms with E-state index in [9.17, 15) is 0 Å². The normalized spacial score (nSPS) is 9.44. The summed E-state index contributed by atoms with van der Waals surface area (Å²) in [6.07, 6.45) is 1.81. The van der Waals surface area contributed by atoms with Crippen LogP contribution in [0.25, 0.3) is 10.8 Å². The molecule has 0 saturated carbocycles. The Hall–Kier alpha value is -2.83. The van der Waals surface area contributed by atoms with Crippen molar-refractivity contribution in [3.05, 3.63) is 52.9 Å². The average Bonchev–Trinajstić information content (AvgIpc) is 2.44. The Kier molecular flexibility index (Phi) is 2.96. The smallest absolute Gasteiger partial charge is 0.101 e. The number of fused-ring (bicyclic) bond motifs is 1. The molecule has 3 nitrogen and oxygen atoms in total. The van der Waals surface area contributed by atoms with Gasteiger partial charge in [0.25, 0.3) is 0 Å². The first-order valence-corrected chi connectivity index (χ1v) is 5.35. The summed E-state index contributed by atoms with van der Waals surface area (Å²) in [5.41, 5.74) is 2.01. The number of benzene rings is 2. The van der Waals surface area contributed by atoms with Gasteiger partial charge in [0.2, 0.25) is 0 Å². The minimum Gasteiger partial charge on any atom is -0.192 e. The van der Waals surface area contributed by atoms with Crippen molar-refractivity contribution in [3.63, 3.8) is 0 Å². The minimum atomic E-state index is 0.341. The van der Waals surface area contributed by atoms with Crippen molar-refractivity contribution in [2.75, 3.05) is 0 Å². The lowest BCUT2D eigenvalue weighted by atomic mass is 9.93. The maximum Gasteiger partial charge on any atom is 0.101 e. The number of hydrogen-bond donors (Lipinski definition) is 0. The van der Waals surface area contributed by atoms with E-state index in [-0.39, 0.29) is 0 Å². The third kappa shape index (κ3) is 1.67. The van der Waals surface area contributed by atoms with E-state index in [4.69, 9.17) is 15.8 Å². The highest BCUT2D eigenvalue weighted by molar-refractivity contribution is 5.91. The Morgan fingerprint density at radius 2 is 1.78 bits per heavy atom. The second-order valence-corrected chi connectivity index (χ2v) is 3.77. The summed E-state index contributed by atoms with van der Waals surface area (Å²) in [5.74, 6) is 0. The number of nitrogens with zero attached hydrogens (tertiary/aromatic N) is 3. The van der Waals surface area contributed by atoms with Crippen LogP contribution < -0.4 is 0 Å². The molecular weight excluding hydrogens is 222 g/mol. The first kappa shape index (κ1) is 11.6. The molecule has 0 atom stereocenters. The average molecular weight is 230 g/mol. The van der Waals surface area contributed by atoms with E-state index in [1.54, 1.807) is 18.2 Å². The van der Waals surface area contributed by atoms with Crippen LogP contribution in [0.2, 0.25) is 0 Å². The van der Waals surface area contributed by atoms with Crippen molar-refractivity contribution in [2.45, 2.75) is 6.92 Å². The van der Waals surface area contributed by atoms with Crippen LogP contribution >= 0.6 is 0 Å². The predicted molar refractivity (Wildman–Crippen MR) is 67.2 cm³/mol. The first-order valence-electron chi connectivity index (χ1n) is 5.35. The molecule has 2 aromatic rings. The maximum atomic E-state index is 9.15. The van der Waals surface area contributed by atoms with E-state index in [0.29, 0.717) is 16.7 Å². The minimum absolute atomic E-state index is 0.341. The van der Waals surface area contributed by atoms with Crippen molar-refractivity contribution >= 4 is 10.8 Å². The standard InChI is InChI=1S/C15H8N3/c1-2-13-14-4-3-10(7-16)5-11(14)6-12(8-17)15(13)9-18/h2-6H,1H3. The molecule has 3 heteroatoms.